The van der Waals surface area contributed by atoms with Crippen LogP contribution in [0.5, 0.6) is 0 Å². The van der Waals surface area contributed by atoms with Gasteiger partial charge in [-0.15, -0.1) is 0 Å². The SMILES string of the molecule is CC(C)N1CC2(C1)CN(C1C[C@@H](C)N(CC(C)(C)C)[C@@H](C)C1)C2. The predicted octanol–water partition coefficient (Wildman–Crippen LogP) is 3.30. The number of rotatable bonds is 3. The molecule has 3 heteroatoms. The number of hydrogen-bond donors (Lipinski definition) is 0. The van der Waals surface area contributed by atoms with Gasteiger partial charge in [-0.1, -0.05) is 20.8 Å². The van der Waals surface area contributed by atoms with Crippen molar-refractivity contribution in [2.75, 3.05) is 32.7 Å². The second kappa shape index (κ2) is 6.00. The Bertz CT molecular complexity index is 399. The molecule has 0 bridgehead atoms. The highest BCUT2D eigenvalue weighted by Gasteiger charge is 2.54. The van der Waals surface area contributed by atoms with Crippen LogP contribution in [0.15, 0.2) is 0 Å². The van der Waals surface area contributed by atoms with Crippen LogP contribution in [0.1, 0.15) is 61.3 Å². The maximum Gasteiger partial charge on any atom is 0.0212 e. The standard InChI is InChI=1S/C20H39N3/c1-15(2)21-11-20(12-21)13-22(14-20)18-8-16(3)23(17(4)9-18)10-19(5,6)7/h15-18H,8-14H2,1-7H3/t16-,17+,18?. The van der Waals surface area contributed by atoms with Crippen LogP contribution in [0.4, 0.5) is 0 Å². The quantitative estimate of drug-likeness (QED) is 0.790. The molecule has 3 nitrogen and oxygen atoms in total. The summed E-state index contributed by atoms with van der Waals surface area (Å²) in [6.45, 7) is 23.3. The van der Waals surface area contributed by atoms with Crippen molar-refractivity contribution >= 4 is 0 Å². The van der Waals surface area contributed by atoms with Gasteiger partial charge in [0.25, 0.3) is 0 Å². The Hall–Kier alpha value is -0.120. The van der Waals surface area contributed by atoms with Crippen molar-refractivity contribution in [3.63, 3.8) is 0 Å². The summed E-state index contributed by atoms with van der Waals surface area (Å²) in [5.41, 5.74) is 1.07. The van der Waals surface area contributed by atoms with Gasteiger partial charge in [0.1, 0.15) is 0 Å². The number of nitrogens with zero attached hydrogens (tertiary/aromatic N) is 3. The molecule has 0 saturated carbocycles. The monoisotopic (exact) mass is 321 g/mol. The molecule has 0 aromatic carbocycles. The van der Waals surface area contributed by atoms with Gasteiger partial charge in [0, 0.05) is 62.3 Å². The van der Waals surface area contributed by atoms with Crippen LogP contribution < -0.4 is 0 Å². The summed E-state index contributed by atoms with van der Waals surface area (Å²) in [5, 5.41) is 0. The van der Waals surface area contributed by atoms with E-state index in [-0.39, 0.29) is 0 Å². The Morgan fingerprint density at radius 3 is 1.91 bits per heavy atom. The highest BCUT2D eigenvalue weighted by atomic mass is 15.3. The van der Waals surface area contributed by atoms with Crippen LogP contribution in [-0.2, 0) is 0 Å². The van der Waals surface area contributed by atoms with E-state index in [2.05, 4.69) is 63.2 Å². The summed E-state index contributed by atoms with van der Waals surface area (Å²) in [4.78, 5) is 8.20. The van der Waals surface area contributed by atoms with Crippen molar-refractivity contribution in [2.45, 2.75) is 85.5 Å². The summed E-state index contributed by atoms with van der Waals surface area (Å²) >= 11 is 0. The first-order valence-electron chi connectivity index (χ1n) is 9.82. The number of hydrogen-bond acceptors (Lipinski definition) is 3. The second-order valence-electron chi connectivity index (χ2n) is 10.5. The predicted molar refractivity (Wildman–Crippen MR) is 98.8 cm³/mol. The van der Waals surface area contributed by atoms with Gasteiger partial charge in [-0.2, -0.15) is 0 Å². The Labute approximate surface area is 144 Å². The topological polar surface area (TPSA) is 9.72 Å². The summed E-state index contributed by atoms with van der Waals surface area (Å²) in [5.74, 6) is 0. The van der Waals surface area contributed by atoms with E-state index in [0.29, 0.717) is 10.8 Å². The first-order valence-corrected chi connectivity index (χ1v) is 9.82. The molecule has 3 rings (SSSR count). The van der Waals surface area contributed by atoms with E-state index >= 15 is 0 Å². The van der Waals surface area contributed by atoms with E-state index in [1.54, 1.807) is 0 Å². The lowest BCUT2D eigenvalue weighted by molar-refractivity contribution is -0.150. The summed E-state index contributed by atoms with van der Waals surface area (Å²) < 4.78 is 0. The zero-order valence-electron chi connectivity index (χ0n) is 16.6. The molecule has 23 heavy (non-hydrogen) atoms. The Morgan fingerprint density at radius 2 is 1.48 bits per heavy atom. The van der Waals surface area contributed by atoms with Crippen LogP contribution >= 0.6 is 0 Å². The minimum absolute atomic E-state index is 0.405. The lowest BCUT2D eigenvalue weighted by Crippen LogP contribution is -2.75. The van der Waals surface area contributed by atoms with Crippen LogP contribution in [0, 0.1) is 10.8 Å². The van der Waals surface area contributed by atoms with Crippen molar-refractivity contribution in [2.24, 2.45) is 10.8 Å². The molecule has 0 aliphatic carbocycles. The average molecular weight is 322 g/mol. The molecule has 3 heterocycles. The van der Waals surface area contributed by atoms with E-state index in [4.69, 9.17) is 0 Å². The minimum Gasteiger partial charge on any atom is -0.300 e. The van der Waals surface area contributed by atoms with E-state index in [0.717, 1.165) is 24.2 Å². The van der Waals surface area contributed by atoms with Crippen molar-refractivity contribution in [1.29, 1.82) is 0 Å². The Balaban J connectivity index is 1.49. The zero-order chi connectivity index (χ0) is 17.0. The molecule has 3 aliphatic rings. The lowest BCUT2D eigenvalue weighted by atomic mass is 9.70. The molecule has 3 fully saturated rings. The smallest absolute Gasteiger partial charge is 0.0212 e. The van der Waals surface area contributed by atoms with Gasteiger partial charge >= 0.3 is 0 Å². The molecule has 0 amide bonds. The van der Waals surface area contributed by atoms with Crippen molar-refractivity contribution in [1.82, 2.24) is 14.7 Å². The van der Waals surface area contributed by atoms with Gasteiger partial charge in [0.2, 0.25) is 0 Å². The van der Waals surface area contributed by atoms with Crippen molar-refractivity contribution in [3.8, 4) is 0 Å². The molecule has 3 atom stereocenters. The van der Waals surface area contributed by atoms with Gasteiger partial charge in [-0.05, 0) is 46.0 Å². The summed E-state index contributed by atoms with van der Waals surface area (Å²) in [6.07, 6.45) is 2.73. The summed E-state index contributed by atoms with van der Waals surface area (Å²) in [6, 6.07) is 3.02. The van der Waals surface area contributed by atoms with Gasteiger partial charge in [-0.3, -0.25) is 14.7 Å². The molecule has 1 unspecified atom stereocenters. The number of likely N-dealkylation sites (tertiary alicyclic amines) is 3. The normalized spacial score (nSPS) is 36.3. The van der Waals surface area contributed by atoms with Crippen LogP contribution in [-0.4, -0.2) is 71.6 Å². The molecule has 0 aromatic rings. The van der Waals surface area contributed by atoms with Crippen LogP contribution in [0.25, 0.3) is 0 Å². The third-order valence-electron chi connectivity index (χ3n) is 6.42. The minimum atomic E-state index is 0.405. The average Bonchev–Trinajstić information content (AvgIpc) is 2.28. The maximum atomic E-state index is 2.80. The van der Waals surface area contributed by atoms with Crippen LogP contribution in [0.3, 0.4) is 0 Å². The van der Waals surface area contributed by atoms with E-state index in [1.165, 1.54) is 45.6 Å². The Morgan fingerprint density at radius 1 is 0.957 bits per heavy atom. The van der Waals surface area contributed by atoms with Gasteiger partial charge < -0.3 is 0 Å². The van der Waals surface area contributed by atoms with Gasteiger partial charge in [-0.25, -0.2) is 0 Å². The second-order valence-corrected chi connectivity index (χ2v) is 10.5. The van der Waals surface area contributed by atoms with E-state index in [1.807, 2.05) is 0 Å². The van der Waals surface area contributed by atoms with Gasteiger partial charge in [0.05, 0.1) is 0 Å². The van der Waals surface area contributed by atoms with Crippen LogP contribution in [0.2, 0.25) is 0 Å². The summed E-state index contributed by atoms with van der Waals surface area (Å²) in [7, 11) is 0. The molecular weight excluding hydrogens is 282 g/mol. The first-order chi connectivity index (χ1) is 10.6. The number of piperidine rings is 1. The first kappa shape index (κ1) is 17.7. The van der Waals surface area contributed by atoms with Gasteiger partial charge in [0.15, 0.2) is 0 Å². The van der Waals surface area contributed by atoms with Crippen molar-refractivity contribution < 1.29 is 0 Å². The molecule has 3 aliphatic heterocycles. The largest absolute Gasteiger partial charge is 0.300 e. The maximum absolute atomic E-state index is 2.80. The molecule has 134 valence electrons. The zero-order valence-corrected chi connectivity index (χ0v) is 16.6. The third kappa shape index (κ3) is 3.62. The lowest BCUT2D eigenvalue weighted by Gasteiger charge is -2.64. The molecule has 0 N–H and O–H groups in total. The van der Waals surface area contributed by atoms with Crippen molar-refractivity contribution in [3.05, 3.63) is 0 Å². The molecule has 0 radical (unpaired) electrons. The fraction of sp³-hybridized carbons (Fsp3) is 1.00. The molecule has 1 spiro atoms. The fourth-order valence-electron chi connectivity index (χ4n) is 5.20. The highest BCUT2D eigenvalue weighted by molar-refractivity contribution is 5.08. The highest BCUT2D eigenvalue weighted by Crippen LogP contribution is 2.43. The fourth-order valence-corrected chi connectivity index (χ4v) is 5.20. The molecular formula is C20H39N3. The Kier molecular flexibility index (Phi) is 4.61. The third-order valence-corrected chi connectivity index (χ3v) is 6.42. The molecule has 3 saturated heterocycles. The molecule has 0 aromatic heterocycles. The van der Waals surface area contributed by atoms with E-state index in [9.17, 15) is 0 Å². The van der Waals surface area contributed by atoms with E-state index < -0.39 is 0 Å².